The van der Waals surface area contributed by atoms with Crippen LogP contribution in [0.1, 0.15) is 17.3 Å². The normalized spacial score (nSPS) is 12.0. The Morgan fingerprint density at radius 3 is 2.72 bits per heavy atom. The number of nitrogens with zero attached hydrogens (tertiary/aromatic N) is 5. The zero-order valence-electron chi connectivity index (χ0n) is 17.3. The SMILES string of the molecule is Cc1c(Nc2nccc(-c3ccn([C@H](CO)c4ccc(Cl)c(F)c4)c(=O)c3)n2)cnn1C. The highest BCUT2D eigenvalue weighted by Crippen LogP contribution is 2.24. The third-order valence-electron chi connectivity index (χ3n) is 5.22. The van der Waals surface area contributed by atoms with Crippen molar-refractivity contribution in [2.45, 2.75) is 13.0 Å². The van der Waals surface area contributed by atoms with Crippen LogP contribution in [-0.2, 0) is 7.05 Å². The van der Waals surface area contributed by atoms with E-state index in [1.807, 2.05) is 14.0 Å². The van der Waals surface area contributed by atoms with Crippen molar-refractivity contribution >= 4 is 23.2 Å². The van der Waals surface area contributed by atoms with Crippen LogP contribution in [0.3, 0.4) is 0 Å². The fraction of sp³-hybridized carbons (Fsp3) is 0.182. The molecule has 164 valence electrons. The lowest BCUT2D eigenvalue weighted by Gasteiger charge is -2.18. The third kappa shape index (κ3) is 4.25. The van der Waals surface area contributed by atoms with E-state index in [2.05, 4.69) is 20.4 Å². The maximum absolute atomic E-state index is 13.9. The standard InChI is InChI=1S/C22H20ClFN6O2/c1-13-19(11-26-29(13)2)28-22-25-7-5-18(27-22)14-6-8-30(21(32)10-14)20(12-31)15-3-4-16(23)17(24)9-15/h3-11,20,31H,12H2,1-2H3,(H,25,27,28)/t20-/m1/s1. The predicted molar refractivity (Wildman–Crippen MR) is 120 cm³/mol. The highest BCUT2D eigenvalue weighted by molar-refractivity contribution is 6.30. The van der Waals surface area contributed by atoms with E-state index < -0.39 is 11.9 Å². The lowest BCUT2D eigenvalue weighted by Crippen LogP contribution is -2.27. The van der Waals surface area contributed by atoms with Gasteiger partial charge in [-0.2, -0.15) is 5.10 Å². The number of aryl methyl sites for hydroxylation is 1. The van der Waals surface area contributed by atoms with E-state index >= 15 is 0 Å². The van der Waals surface area contributed by atoms with Gasteiger partial charge in [0.25, 0.3) is 5.56 Å². The minimum Gasteiger partial charge on any atom is -0.394 e. The summed E-state index contributed by atoms with van der Waals surface area (Å²) in [4.78, 5) is 21.5. The summed E-state index contributed by atoms with van der Waals surface area (Å²) in [7, 11) is 1.84. The van der Waals surface area contributed by atoms with Crippen molar-refractivity contribution in [2.24, 2.45) is 7.05 Å². The Labute approximate surface area is 188 Å². The van der Waals surface area contributed by atoms with E-state index in [0.29, 0.717) is 22.8 Å². The van der Waals surface area contributed by atoms with Crippen molar-refractivity contribution in [3.05, 3.63) is 87.4 Å². The maximum Gasteiger partial charge on any atom is 0.251 e. The van der Waals surface area contributed by atoms with Gasteiger partial charge in [-0.15, -0.1) is 0 Å². The average Bonchev–Trinajstić information content (AvgIpc) is 3.10. The molecule has 10 heteroatoms. The summed E-state index contributed by atoms with van der Waals surface area (Å²) in [5.41, 5.74) is 2.90. The van der Waals surface area contributed by atoms with Gasteiger partial charge >= 0.3 is 0 Å². The Hall–Kier alpha value is -3.56. The van der Waals surface area contributed by atoms with Crippen LogP contribution >= 0.6 is 11.6 Å². The Bertz CT molecular complexity index is 1340. The van der Waals surface area contributed by atoms with Crippen LogP contribution in [0.2, 0.25) is 5.02 Å². The van der Waals surface area contributed by atoms with Crippen LogP contribution in [0.25, 0.3) is 11.3 Å². The number of halogens is 2. The minimum atomic E-state index is -0.750. The third-order valence-corrected chi connectivity index (χ3v) is 5.52. The first-order chi connectivity index (χ1) is 15.4. The van der Waals surface area contributed by atoms with E-state index in [0.717, 1.165) is 11.4 Å². The highest BCUT2D eigenvalue weighted by Gasteiger charge is 2.17. The summed E-state index contributed by atoms with van der Waals surface area (Å²) < 4.78 is 16.9. The molecule has 0 unspecified atom stereocenters. The molecule has 0 spiro atoms. The van der Waals surface area contributed by atoms with Crippen LogP contribution in [0.5, 0.6) is 0 Å². The lowest BCUT2D eigenvalue weighted by atomic mass is 10.1. The monoisotopic (exact) mass is 454 g/mol. The maximum atomic E-state index is 13.9. The molecular formula is C22H20ClFN6O2. The number of rotatable bonds is 6. The van der Waals surface area contributed by atoms with Crippen LogP contribution < -0.4 is 10.9 Å². The molecule has 0 bridgehead atoms. The van der Waals surface area contributed by atoms with Crippen molar-refractivity contribution < 1.29 is 9.50 Å². The van der Waals surface area contributed by atoms with Crippen LogP contribution in [-0.4, -0.2) is 36.0 Å². The van der Waals surface area contributed by atoms with Crippen LogP contribution in [0, 0.1) is 12.7 Å². The van der Waals surface area contributed by atoms with Gasteiger partial charge < -0.3 is 15.0 Å². The number of aliphatic hydroxyl groups is 1. The fourth-order valence-corrected chi connectivity index (χ4v) is 3.42. The van der Waals surface area contributed by atoms with Gasteiger partial charge in [-0.3, -0.25) is 9.48 Å². The Balaban J connectivity index is 1.63. The van der Waals surface area contributed by atoms with Gasteiger partial charge in [0.15, 0.2) is 0 Å². The molecule has 0 amide bonds. The molecule has 8 nitrogen and oxygen atoms in total. The molecule has 0 saturated heterocycles. The summed E-state index contributed by atoms with van der Waals surface area (Å²) in [6, 6.07) is 8.25. The summed E-state index contributed by atoms with van der Waals surface area (Å²) in [5.74, 6) is -0.246. The molecule has 1 aromatic carbocycles. The van der Waals surface area contributed by atoms with Crippen molar-refractivity contribution in [3.63, 3.8) is 0 Å². The zero-order chi connectivity index (χ0) is 22.8. The Kier molecular flexibility index (Phi) is 6.02. The molecule has 0 radical (unpaired) electrons. The first kappa shape index (κ1) is 21.7. The van der Waals surface area contributed by atoms with Crippen molar-refractivity contribution in [2.75, 3.05) is 11.9 Å². The molecule has 4 rings (SSSR count). The quantitative estimate of drug-likeness (QED) is 0.463. The number of aliphatic hydroxyl groups excluding tert-OH is 1. The van der Waals surface area contributed by atoms with Gasteiger partial charge in [0, 0.05) is 31.1 Å². The number of hydrogen-bond donors (Lipinski definition) is 2. The number of aromatic nitrogens is 5. The second-order valence-corrected chi connectivity index (χ2v) is 7.60. The molecule has 4 aromatic rings. The molecule has 3 aromatic heterocycles. The molecule has 0 saturated carbocycles. The number of anilines is 2. The van der Waals surface area contributed by atoms with E-state index in [4.69, 9.17) is 11.6 Å². The summed E-state index contributed by atoms with van der Waals surface area (Å²) in [6.07, 6.45) is 4.82. The summed E-state index contributed by atoms with van der Waals surface area (Å²) in [6.45, 7) is 1.54. The first-order valence-corrected chi connectivity index (χ1v) is 10.1. The highest BCUT2D eigenvalue weighted by atomic mass is 35.5. The molecule has 0 aliphatic rings. The van der Waals surface area contributed by atoms with E-state index in [1.54, 1.807) is 41.5 Å². The van der Waals surface area contributed by atoms with E-state index in [9.17, 15) is 14.3 Å². The first-order valence-electron chi connectivity index (χ1n) is 9.74. The second-order valence-electron chi connectivity index (χ2n) is 7.19. The number of benzene rings is 1. The Morgan fingerprint density at radius 2 is 2.06 bits per heavy atom. The van der Waals surface area contributed by atoms with Gasteiger partial charge in [-0.1, -0.05) is 17.7 Å². The lowest BCUT2D eigenvalue weighted by molar-refractivity contribution is 0.247. The average molecular weight is 455 g/mol. The van der Waals surface area contributed by atoms with Gasteiger partial charge in [0.2, 0.25) is 5.95 Å². The summed E-state index contributed by atoms with van der Waals surface area (Å²) >= 11 is 5.74. The van der Waals surface area contributed by atoms with Gasteiger partial charge in [-0.25, -0.2) is 14.4 Å². The number of hydrogen-bond acceptors (Lipinski definition) is 6. The van der Waals surface area contributed by atoms with Crippen molar-refractivity contribution in [1.82, 2.24) is 24.3 Å². The second kappa shape index (κ2) is 8.89. The van der Waals surface area contributed by atoms with E-state index in [-0.39, 0.29) is 17.2 Å². The topological polar surface area (TPSA) is 97.9 Å². The molecule has 2 N–H and O–H groups in total. The predicted octanol–water partition coefficient (Wildman–Crippen LogP) is 3.47. The molecule has 3 heterocycles. The minimum absolute atomic E-state index is 0.0252. The number of pyridine rings is 1. The summed E-state index contributed by atoms with van der Waals surface area (Å²) in [5, 5.41) is 17.1. The van der Waals surface area contributed by atoms with Crippen LogP contribution in [0.4, 0.5) is 16.0 Å². The molecule has 0 aliphatic carbocycles. The smallest absolute Gasteiger partial charge is 0.251 e. The van der Waals surface area contributed by atoms with E-state index in [1.165, 1.54) is 22.8 Å². The number of nitrogens with one attached hydrogen (secondary N) is 1. The largest absolute Gasteiger partial charge is 0.394 e. The molecule has 32 heavy (non-hydrogen) atoms. The van der Waals surface area contributed by atoms with Gasteiger partial charge in [-0.05, 0) is 36.8 Å². The van der Waals surface area contributed by atoms with Crippen molar-refractivity contribution in [1.29, 1.82) is 0 Å². The molecule has 1 atom stereocenters. The zero-order valence-corrected chi connectivity index (χ0v) is 18.1. The van der Waals surface area contributed by atoms with Gasteiger partial charge in [0.1, 0.15) is 5.82 Å². The van der Waals surface area contributed by atoms with Crippen LogP contribution in [0.15, 0.2) is 59.8 Å². The Morgan fingerprint density at radius 1 is 1.25 bits per heavy atom. The van der Waals surface area contributed by atoms with Gasteiger partial charge in [0.05, 0.1) is 40.9 Å². The molecule has 0 fully saturated rings. The molecular weight excluding hydrogens is 435 g/mol. The molecule has 0 aliphatic heterocycles. The fourth-order valence-electron chi connectivity index (χ4n) is 3.30. The van der Waals surface area contributed by atoms with Crippen molar-refractivity contribution in [3.8, 4) is 11.3 Å².